The van der Waals surface area contributed by atoms with E-state index >= 15 is 0 Å². The van der Waals surface area contributed by atoms with Gasteiger partial charge in [0.05, 0.1) is 5.52 Å². The van der Waals surface area contributed by atoms with E-state index < -0.39 is 0 Å². The van der Waals surface area contributed by atoms with Gasteiger partial charge in [0.25, 0.3) is 5.56 Å². The zero-order valence-electron chi connectivity index (χ0n) is 7.91. The summed E-state index contributed by atoms with van der Waals surface area (Å²) >= 11 is 5.92. The van der Waals surface area contributed by atoms with E-state index in [0.29, 0.717) is 16.2 Å². The van der Waals surface area contributed by atoms with Crippen molar-refractivity contribution in [2.75, 3.05) is 0 Å². The number of aromatic nitrogens is 2. The molecule has 2 heterocycles. The quantitative estimate of drug-likeness (QED) is 0.620. The summed E-state index contributed by atoms with van der Waals surface area (Å²) in [6.45, 7) is 1.79. The minimum absolute atomic E-state index is 0.0348. The van der Waals surface area contributed by atoms with Crippen LogP contribution in [0.4, 0.5) is 0 Å². The Morgan fingerprint density at radius 3 is 2.93 bits per heavy atom. The first-order chi connectivity index (χ1) is 6.61. The molecule has 0 amide bonds. The van der Waals surface area contributed by atoms with Crippen molar-refractivity contribution in [2.45, 2.75) is 6.92 Å². The van der Waals surface area contributed by atoms with Crippen molar-refractivity contribution < 1.29 is 0 Å². The van der Waals surface area contributed by atoms with E-state index in [0.717, 1.165) is 5.39 Å². The van der Waals surface area contributed by atoms with E-state index in [-0.39, 0.29) is 5.56 Å². The molecule has 72 valence electrons. The molecule has 0 aliphatic carbocycles. The summed E-state index contributed by atoms with van der Waals surface area (Å²) in [5.41, 5.74) is 1.36. The summed E-state index contributed by atoms with van der Waals surface area (Å²) in [5.74, 6) is 0. The van der Waals surface area contributed by atoms with Crippen LogP contribution in [0.25, 0.3) is 10.9 Å². The zero-order chi connectivity index (χ0) is 10.3. The van der Waals surface area contributed by atoms with Crippen molar-refractivity contribution in [1.82, 2.24) is 9.55 Å². The Morgan fingerprint density at radius 2 is 2.21 bits per heavy atom. The molecular weight excluding hydrogens is 200 g/mol. The monoisotopic (exact) mass is 208 g/mol. The molecule has 0 bridgehead atoms. The third kappa shape index (κ3) is 1.21. The Morgan fingerprint density at radius 1 is 1.50 bits per heavy atom. The summed E-state index contributed by atoms with van der Waals surface area (Å²) in [6, 6.07) is 3.67. The lowest BCUT2D eigenvalue weighted by Gasteiger charge is -2.06. The van der Waals surface area contributed by atoms with E-state index in [9.17, 15) is 4.79 Å². The summed E-state index contributed by atoms with van der Waals surface area (Å²) in [6.07, 6.45) is 1.63. The standard InChI is InChI=1S/C10H9ClN2O/c1-6-5-7-3-4-12-9(11)8(7)13(2)10(6)14/h3-5H,1-2H3. The second kappa shape index (κ2) is 3.10. The first-order valence-corrected chi connectivity index (χ1v) is 4.60. The lowest BCUT2D eigenvalue weighted by atomic mass is 10.2. The number of rotatable bonds is 0. The third-order valence-corrected chi connectivity index (χ3v) is 2.54. The molecule has 0 aromatic carbocycles. The van der Waals surface area contributed by atoms with Gasteiger partial charge < -0.3 is 4.57 Å². The van der Waals surface area contributed by atoms with Crippen LogP contribution in [0.2, 0.25) is 5.15 Å². The average molecular weight is 209 g/mol. The van der Waals surface area contributed by atoms with Crippen LogP contribution in [0, 0.1) is 6.92 Å². The van der Waals surface area contributed by atoms with Crippen molar-refractivity contribution in [1.29, 1.82) is 0 Å². The van der Waals surface area contributed by atoms with Gasteiger partial charge in [-0.25, -0.2) is 4.98 Å². The van der Waals surface area contributed by atoms with E-state index in [1.165, 1.54) is 4.57 Å². The molecule has 2 aromatic rings. The predicted molar refractivity (Wildman–Crippen MR) is 56.7 cm³/mol. The molecule has 0 atom stereocenters. The molecule has 0 spiro atoms. The maximum Gasteiger partial charge on any atom is 0.253 e. The highest BCUT2D eigenvalue weighted by molar-refractivity contribution is 6.33. The molecular formula is C10H9ClN2O. The van der Waals surface area contributed by atoms with Gasteiger partial charge in [-0.2, -0.15) is 0 Å². The summed E-state index contributed by atoms with van der Waals surface area (Å²) in [5, 5.41) is 1.30. The Labute approximate surface area is 86.0 Å². The summed E-state index contributed by atoms with van der Waals surface area (Å²) < 4.78 is 1.53. The molecule has 2 aromatic heterocycles. The van der Waals surface area contributed by atoms with Crippen molar-refractivity contribution in [2.24, 2.45) is 7.05 Å². The predicted octanol–water partition coefficient (Wildman–Crippen LogP) is 1.90. The second-order valence-electron chi connectivity index (χ2n) is 3.23. The Kier molecular flexibility index (Phi) is 2.04. The third-order valence-electron chi connectivity index (χ3n) is 2.26. The van der Waals surface area contributed by atoms with Crippen LogP contribution in [0.15, 0.2) is 23.1 Å². The summed E-state index contributed by atoms with van der Waals surface area (Å²) in [7, 11) is 1.70. The van der Waals surface area contributed by atoms with Crippen LogP contribution in [0.1, 0.15) is 5.56 Å². The van der Waals surface area contributed by atoms with Gasteiger partial charge in [0.1, 0.15) is 0 Å². The molecule has 0 aliphatic heterocycles. The molecule has 14 heavy (non-hydrogen) atoms. The van der Waals surface area contributed by atoms with Crippen LogP contribution >= 0.6 is 11.6 Å². The minimum Gasteiger partial charge on any atom is -0.308 e. The number of aryl methyl sites for hydroxylation is 2. The molecule has 2 rings (SSSR count). The molecule has 0 saturated heterocycles. The number of hydrogen-bond acceptors (Lipinski definition) is 2. The molecule has 0 N–H and O–H groups in total. The van der Waals surface area contributed by atoms with Crippen molar-refractivity contribution in [3.63, 3.8) is 0 Å². The zero-order valence-corrected chi connectivity index (χ0v) is 8.67. The molecule has 0 unspecified atom stereocenters. The topological polar surface area (TPSA) is 34.9 Å². The Balaban J connectivity index is 3.07. The first-order valence-electron chi connectivity index (χ1n) is 4.22. The van der Waals surface area contributed by atoms with Gasteiger partial charge in [-0.1, -0.05) is 11.6 Å². The largest absolute Gasteiger partial charge is 0.308 e. The van der Waals surface area contributed by atoms with Gasteiger partial charge >= 0.3 is 0 Å². The average Bonchev–Trinajstić information content (AvgIpc) is 2.14. The highest BCUT2D eigenvalue weighted by Crippen LogP contribution is 2.19. The van der Waals surface area contributed by atoms with Gasteiger partial charge in [-0.3, -0.25) is 4.79 Å². The number of pyridine rings is 2. The Hall–Kier alpha value is -1.35. The van der Waals surface area contributed by atoms with E-state index in [2.05, 4.69) is 4.98 Å². The smallest absolute Gasteiger partial charge is 0.253 e. The van der Waals surface area contributed by atoms with Gasteiger partial charge in [-0.05, 0) is 19.1 Å². The van der Waals surface area contributed by atoms with Gasteiger partial charge in [-0.15, -0.1) is 0 Å². The van der Waals surface area contributed by atoms with Crippen LogP contribution < -0.4 is 5.56 Å². The lowest BCUT2D eigenvalue weighted by Crippen LogP contribution is -2.19. The molecule has 3 nitrogen and oxygen atoms in total. The van der Waals surface area contributed by atoms with Crippen LogP contribution in [-0.4, -0.2) is 9.55 Å². The molecule has 4 heteroatoms. The minimum atomic E-state index is -0.0348. The number of halogens is 1. The Bertz CT molecular complexity index is 560. The fourth-order valence-electron chi connectivity index (χ4n) is 1.55. The maximum absolute atomic E-state index is 11.6. The fourth-order valence-corrected chi connectivity index (χ4v) is 1.84. The molecule has 0 radical (unpaired) electrons. The number of hydrogen-bond donors (Lipinski definition) is 0. The van der Waals surface area contributed by atoms with Crippen molar-refractivity contribution >= 4 is 22.5 Å². The van der Waals surface area contributed by atoms with Gasteiger partial charge in [0.2, 0.25) is 0 Å². The van der Waals surface area contributed by atoms with Crippen molar-refractivity contribution in [3.05, 3.63) is 39.4 Å². The lowest BCUT2D eigenvalue weighted by molar-refractivity contribution is 0.890. The molecule has 0 saturated carbocycles. The normalized spacial score (nSPS) is 10.8. The highest BCUT2D eigenvalue weighted by atomic mass is 35.5. The van der Waals surface area contributed by atoms with Crippen LogP contribution in [-0.2, 0) is 7.05 Å². The van der Waals surface area contributed by atoms with Gasteiger partial charge in [0.15, 0.2) is 5.15 Å². The molecule has 0 aliphatic rings. The second-order valence-corrected chi connectivity index (χ2v) is 3.59. The van der Waals surface area contributed by atoms with Crippen LogP contribution in [0.5, 0.6) is 0 Å². The van der Waals surface area contributed by atoms with Gasteiger partial charge in [0, 0.05) is 24.2 Å². The first kappa shape index (κ1) is 9.21. The number of nitrogens with zero attached hydrogens (tertiary/aromatic N) is 2. The SMILES string of the molecule is Cc1cc2ccnc(Cl)c2n(C)c1=O. The summed E-state index contributed by atoms with van der Waals surface area (Å²) in [4.78, 5) is 15.6. The maximum atomic E-state index is 11.6. The van der Waals surface area contributed by atoms with Crippen molar-refractivity contribution in [3.8, 4) is 0 Å². The van der Waals surface area contributed by atoms with E-state index in [1.807, 2.05) is 12.1 Å². The van der Waals surface area contributed by atoms with E-state index in [1.54, 1.807) is 20.2 Å². The van der Waals surface area contributed by atoms with E-state index in [4.69, 9.17) is 11.6 Å². The fraction of sp³-hybridized carbons (Fsp3) is 0.200. The van der Waals surface area contributed by atoms with Crippen LogP contribution in [0.3, 0.4) is 0 Å². The molecule has 0 fully saturated rings. The number of fused-ring (bicyclic) bond motifs is 1. The highest BCUT2D eigenvalue weighted by Gasteiger charge is 2.06.